The summed E-state index contributed by atoms with van der Waals surface area (Å²) in [6, 6.07) is -0.298. The van der Waals surface area contributed by atoms with Gasteiger partial charge in [0.15, 0.2) is 9.84 Å². The van der Waals surface area contributed by atoms with E-state index in [2.05, 4.69) is 5.32 Å². The Labute approximate surface area is 107 Å². The number of hydrogen-bond acceptors (Lipinski definition) is 4. The van der Waals surface area contributed by atoms with E-state index in [4.69, 9.17) is 0 Å². The third-order valence-corrected chi connectivity index (χ3v) is 4.96. The van der Waals surface area contributed by atoms with E-state index < -0.39 is 15.2 Å². The quantitative estimate of drug-likeness (QED) is 0.775. The molecule has 1 saturated heterocycles. The van der Waals surface area contributed by atoms with Crippen LogP contribution in [0.25, 0.3) is 0 Å². The highest BCUT2D eigenvalue weighted by Crippen LogP contribution is 2.20. The first kappa shape index (κ1) is 14.6. The van der Waals surface area contributed by atoms with Crippen LogP contribution in [0, 0.1) is 0 Å². The van der Waals surface area contributed by atoms with E-state index in [0.717, 1.165) is 5.75 Å². The van der Waals surface area contributed by atoms with Gasteiger partial charge in [-0.25, -0.2) is 13.2 Å². The fraction of sp³-hybridized carbons (Fsp3) is 0.900. The molecule has 0 aromatic heterocycles. The summed E-state index contributed by atoms with van der Waals surface area (Å²) in [6.07, 6.45) is 1.18. The van der Waals surface area contributed by atoms with Crippen molar-refractivity contribution in [2.75, 3.05) is 24.3 Å². The molecule has 1 aliphatic heterocycles. The highest BCUT2D eigenvalue weighted by Gasteiger charge is 2.35. The maximum Gasteiger partial charge on any atom is 0.318 e. The van der Waals surface area contributed by atoms with Crippen molar-refractivity contribution in [1.82, 2.24) is 10.2 Å². The molecule has 100 valence electrons. The minimum Gasteiger partial charge on any atom is -0.333 e. The molecule has 0 bridgehead atoms. The van der Waals surface area contributed by atoms with Gasteiger partial charge in [0.2, 0.25) is 0 Å². The SMILES string of the molecule is CC(C)(C)NC(=O)N1CCSCC1S(C)(=O)=O. The summed E-state index contributed by atoms with van der Waals surface area (Å²) in [4.78, 5) is 13.4. The number of carbonyl (C=O) groups is 1. The fourth-order valence-corrected chi connectivity index (χ4v) is 4.38. The van der Waals surface area contributed by atoms with Crippen LogP contribution in [0.5, 0.6) is 0 Å². The van der Waals surface area contributed by atoms with Crippen molar-refractivity contribution in [3.05, 3.63) is 0 Å². The average Bonchev–Trinajstić information content (AvgIpc) is 2.13. The van der Waals surface area contributed by atoms with Gasteiger partial charge in [0.1, 0.15) is 5.37 Å². The van der Waals surface area contributed by atoms with Gasteiger partial charge in [-0.1, -0.05) is 0 Å². The largest absolute Gasteiger partial charge is 0.333 e. The molecule has 2 amide bonds. The number of hydrogen-bond donors (Lipinski definition) is 1. The molecule has 0 aliphatic carbocycles. The lowest BCUT2D eigenvalue weighted by molar-refractivity contribution is 0.187. The number of thioether (sulfide) groups is 1. The predicted octanol–water partition coefficient (Wildman–Crippen LogP) is 0.914. The van der Waals surface area contributed by atoms with Crippen molar-refractivity contribution >= 4 is 27.6 Å². The summed E-state index contributed by atoms with van der Waals surface area (Å²) in [6.45, 7) is 6.10. The number of rotatable bonds is 1. The Balaban J connectivity index is 2.82. The number of nitrogens with one attached hydrogen (secondary N) is 1. The van der Waals surface area contributed by atoms with E-state index in [0.29, 0.717) is 12.3 Å². The maximum atomic E-state index is 12.0. The third kappa shape index (κ3) is 4.39. The van der Waals surface area contributed by atoms with Crippen LogP contribution in [0.4, 0.5) is 4.79 Å². The zero-order valence-corrected chi connectivity index (χ0v) is 12.3. The number of carbonyl (C=O) groups excluding carboxylic acids is 1. The van der Waals surface area contributed by atoms with E-state index >= 15 is 0 Å². The van der Waals surface area contributed by atoms with Gasteiger partial charge in [-0.15, -0.1) is 0 Å². The van der Waals surface area contributed by atoms with Crippen LogP contribution in [0.2, 0.25) is 0 Å². The van der Waals surface area contributed by atoms with Gasteiger partial charge < -0.3 is 10.2 Å². The first-order valence-corrected chi connectivity index (χ1v) is 8.57. The fourth-order valence-electron chi connectivity index (χ4n) is 1.56. The van der Waals surface area contributed by atoms with Crippen molar-refractivity contribution in [2.45, 2.75) is 31.7 Å². The average molecular weight is 280 g/mol. The Morgan fingerprint density at radius 2 is 2.00 bits per heavy atom. The summed E-state index contributed by atoms with van der Waals surface area (Å²) in [7, 11) is -3.23. The molecule has 0 saturated carbocycles. The van der Waals surface area contributed by atoms with E-state index in [-0.39, 0.29) is 11.6 Å². The molecule has 1 atom stereocenters. The Morgan fingerprint density at radius 1 is 1.41 bits per heavy atom. The first-order chi connectivity index (χ1) is 7.61. The standard InChI is InChI=1S/C10H20N2O3S2/c1-10(2,3)11-9(13)12-5-6-16-7-8(12)17(4,14)15/h8H,5-7H2,1-4H3,(H,11,13). The van der Waals surface area contributed by atoms with E-state index in [1.807, 2.05) is 20.8 Å². The Morgan fingerprint density at radius 3 is 2.47 bits per heavy atom. The van der Waals surface area contributed by atoms with Crippen molar-refractivity contribution < 1.29 is 13.2 Å². The second kappa shape index (κ2) is 5.06. The number of amides is 2. The normalized spacial score (nSPS) is 22.4. The Hall–Kier alpha value is -0.430. The minimum atomic E-state index is -3.23. The minimum absolute atomic E-state index is 0.298. The Bertz CT molecular complexity index is 387. The lowest BCUT2D eigenvalue weighted by Crippen LogP contribution is -2.56. The van der Waals surface area contributed by atoms with Gasteiger partial charge in [0, 0.05) is 29.8 Å². The molecule has 1 rings (SSSR count). The maximum absolute atomic E-state index is 12.0. The van der Waals surface area contributed by atoms with Crippen molar-refractivity contribution in [3.63, 3.8) is 0 Å². The van der Waals surface area contributed by atoms with Crippen LogP contribution in [0.15, 0.2) is 0 Å². The molecule has 5 nitrogen and oxygen atoms in total. The molecule has 1 fully saturated rings. The third-order valence-electron chi connectivity index (χ3n) is 2.32. The topological polar surface area (TPSA) is 66.5 Å². The van der Waals surface area contributed by atoms with Gasteiger partial charge in [-0.2, -0.15) is 11.8 Å². The highest BCUT2D eigenvalue weighted by molar-refractivity contribution is 8.00. The van der Waals surface area contributed by atoms with Crippen LogP contribution in [-0.2, 0) is 9.84 Å². The number of sulfone groups is 1. The Kier molecular flexibility index (Phi) is 4.35. The van der Waals surface area contributed by atoms with E-state index in [1.165, 1.54) is 11.2 Å². The molecular weight excluding hydrogens is 260 g/mol. The summed E-state index contributed by atoms with van der Waals surface area (Å²) in [5.41, 5.74) is -0.357. The monoisotopic (exact) mass is 280 g/mol. The molecule has 0 aromatic rings. The van der Waals surface area contributed by atoms with Gasteiger partial charge >= 0.3 is 6.03 Å². The predicted molar refractivity (Wildman–Crippen MR) is 70.9 cm³/mol. The zero-order valence-electron chi connectivity index (χ0n) is 10.7. The summed E-state index contributed by atoms with van der Waals surface area (Å²) < 4.78 is 23.3. The van der Waals surface area contributed by atoms with Crippen LogP contribution in [-0.4, -0.2) is 54.6 Å². The summed E-state index contributed by atoms with van der Waals surface area (Å²) in [5.74, 6) is 1.24. The van der Waals surface area contributed by atoms with Crippen LogP contribution in [0.1, 0.15) is 20.8 Å². The summed E-state index contributed by atoms with van der Waals surface area (Å²) >= 11 is 1.57. The molecule has 1 unspecified atom stereocenters. The lowest BCUT2D eigenvalue weighted by atomic mass is 10.1. The first-order valence-electron chi connectivity index (χ1n) is 5.47. The highest BCUT2D eigenvalue weighted by atomic mass is 32.2. The number of nitrogens with zero attached hydrogens (tertiary/aromatic N) is 1. The van der Waals surface area contributed by atoms with Gasteiger partial charge in [0.25, 0.3) is 0 Å². The molecular formula is C10H20N2O3S2. The second-order valence-electron chi connectivity index (χ2n) is 5.23. The molecule has 1 aliphatic rings. The molecule has 1 N–H and O–H groups in total. The molecule has 0 radical (unpaired) electrons. The lowest BCUT2D eigenvalue weighted by Gasteiger charge is -2.36. The van der Waals surface area contributed by atoms with Gasteiger partial charge in [-0.3, -0.25) is 0 Å². The molecule has 17 heavy (non-hydrogen) atoms. The summed E-state index contributed by atoms with van der Waals surface area (Å²) in [5, 5.41) is 2.10. The van der Waals surface area contributed by atoms with Crippen molar-refractivity contribution in [3.8, 4) is 0 Å². The van der Waals surface area contributed by atoms with Crippen LogP contribution < -0.4 is 5.32 Å². The molecule has 0 spiro atoms. The smallest absolute Gasteiger partial charge is 0.318 e. The van der Waals surface area contributed by atoms with E-state index in [1.54, 1.807) is 11.8 Å². The van der Waals surface area contributed by atoms with E-state index in [9.17, 15) is 13.2 Å². The molecule has 0 aromatic carbocycles. The van der Waals surface area contributed by atoms with Gasteiger partial charge in [0.05, 0.1) is 0 Å². The zero-order chi connectivity index (χ0) is 13.3. The van der Waals surface area contributed by atoms with Crippen LogP contribution in [0.3, 0.4) is 0 Å². The number of urea groups is 1. The van der Waals surface area contributed by atoms with Crippen molar-refractivity contribution in [1.29, 1.82) is 0 Å². The second-order valence-corrected chi connectivity index (χ2v) is 8.59. The molecule has 1 heterocycles. The van der Waals surface area contributed by atoms with Crippen LogP contribution >= 0.6 is 11.8 Å². The van der Waals surface area contributed by atoms with Crippen molar-refractivity contribution in [2.24, 2.45) is 0 Å². The molecule has 7 heteroatoms. The van der Waals surface area contributed by atoms with Gasteiger partial charge in [-0.05, 0) is 20.8 Å².